The van der Waals surface area contributed by atoms with Crippen molar-refractivity contribution in [3.05, 3.63) is 59.0 Å². The van der Waals surface area contributed by atoms with Gasteiger partial charge in [0.15, 0.2) is 5.82 Å². The third-order valence-corrected chi connectivity index (χ3v) is 3.92. The molecule has 5 heteroatoms. The first-order valence-corrected chi connectivity index (χ1v) is 8.13. The minimum atomic E-state index is 0.242. The van der Waals surface area contributed by atoms with E-state index in [1.807, 2.05) is 26.0 Å². The number of rotatable bonds is 5. The fourth-order valence-corrected chi connectivity index (χ4v) is 2.48. The fraction of sp³-hybridized carbons (Fsp3) is 0.316. The smallest absolute Gasteiger partial charge is 0.258 e. The van der Waals surface area contributed by atoms with E-state index >= 15 is 0 Å². The predicted octanol–water partition coefficient (Wildman–Crippen LogP) is 4.48. The van der Waals surface area contributed by atoms with Crippen molar-refractivity contribution in [2.45, 2.75) is 40.2 Å². The zero-order valence-corrected chi connectivity index (χ0v) is 14.5. The Morgan fingerprint density at radius 1 is 1.12 bits per heavy atom. The second kappa shape index (κ2) is 6.83. The van der Waals surface area contributed by atoms with Crippen LogP contribution in [0.15, 0.2) is 41.1 Å². The molecule has 0 bridgehead atoms. The third-order valence-electron chi connectivity index (χ3n) is 3.92. The summed E-state index contributed by atoms with van der Waals surface area (Å²) in [4.78, 5) is 8.80. The molecule has 1 aromatic carbocycles. The summed E-state index contributed by atoms with van der Waals surface area (Å²) in [7, 11) is 0. The molecule has 0 spiro atoms. The predicted molar refractivity (Wildman–Crippen MR) is 94.9 cm³/mol. The van der Waals surface area contributed by atoms with Gasteiger partial charge in [0, 0.05) is 24.2 Å². The molecule has 0 fully saturated rings. The molecular formula is C19H22N4O. The molecule has 2 aromatic heterocycles. The number of pyridine rings is 1. The molecular weight excluding hydrogens is 300 g/mol. The van der Waals surface area contributed by atoms with E-state index in [2.05, 4.69) is 52.5 Å². The minimum absolute atomic E-state index is 0.242. The monoisotopic (exact) mass is 322 g/mol. The van der Waals surface area contributed by atoms with Crippen molar-refractivity contribution in [1.82, 2.24) is 15.1 Å². The minimum Gasteiger partial charge on any atom is -0.366 e. The number of anilines is 1. The van der Waals surface area contributed by atoms with E-state index in [4.69, 9.17) is 4.52 Å². The summed E-state index contributed by atoms with van der Waals surface area (Å²) >= 11 is 0. The van der Waals surface area contributed by atoms with Crippen LogP contribution in [0.25, 0.3) is 11.5 Å². The van der Waals surface area contributed by atoms with Crippen LogP contribution in [0.3, 0.4) is 0 Å². The second-order valence-corrected chi connectivity index (χ2v) is 6.33. The van der Waals surface area contributed by atoms with Crippen LogP contribution in [-0.2, 0) is 6.54 Å². The van der Waals surface area contributed by atoms with Gasteiger partial charge in [-0.1, -0.05) is 42.8 Å². The van der Waals surface area contributed by atoms with Crippen LogP contribution in [0.1, 0.15) is 42.3 Å². The van der Waals surface area contributed by atoms with Gasteiger partial charge in [-0.3, -0.25) is 0 Å². The van der Waals surface area contributed by atoms with Crippen molar-refractivity contribution < 1.29 is 4.52 Å². The van der Waals surface area contributed by atoms with E-state index in [0.717, 1.165) is 17.9 Å². The van der Waals surface area contributed by atoms with Crippen molar-refractivity contribution in [3.63, 3.8) is 0 Å². The molecule has 24 heavy (non-hydrogen) atoms. The summed E-state index contributed by atoms with van der Waals surface area (Å²) in [5.74, 6) is 2.27. The highest BCUT2D eigenvalue weighted by Crippen LogP contribution is 2.22. The van der Waals surface area contributed by atoms with E-state index in [0.29, 0.717) is 11.7 Å². The maximum Gasteiger partial charge on any atom is 0.258 e. The number of aromatic nitrogens is 3. The maximum absolute atomic E-state index is 5.35. The Morgan fingerprint density at radius 2 is 1.96 bits per heavy atom. The molecule has 5 nitrogen and oxygen atoms in total. The Balaban J connectivity index is 1.75. The van der Waals surface area contributed by atoms with Crippen LogP contribution in [0.2, 0.25) is 0 Å². The number of nitrogens with one attached hydrogen (secondary N) is 1. The quantitative estimate of drug-likeness (QED) is 0.750. The summed E-state index contributed by atoms with van der Waals surface area (Å²) in [6.07, 6.45) is 1.75. The van der Waals surface area contributed by atoms with Gasteiger partial charge in [-0.25, -0.2) is 4.98 Å². The summed E-state index contributed by atoms with van der Waals surface area (Å²) in [6, 6.07) is 10.3. The van der Waals surface area contributed by atoms with Gasteiger partial charge in [0.1, 0.15) is 5.82 Å². The molecule has 0 radical (unpaired) electrons. The maximum atomic E-state index is 5.35. The molecule has 1 N–H and O–H groups in total. The van der Waals surface area contributed by atoms with Crippen molar-refractivity contribution in [2.75, 3.05) is 5.32 Å². The topological polar surface area (TPSA) is 63.8 Å². The SMILES string of the molecule is Cc1ccc(CNc2cc(-c3nc(C(C)C)no3)ccn2)c(C)c1. The molecule has 0 saturated heterocycles. The standard InChI is InChI=1S/C19H22N4O/c1-12(2)18-22-19(24-23-18)15-7-8-20-17(10-15)21-11-16-6-5-13(3)9-14(16)4/h5-10,12H,11H2,1-4H3,(H,20,21). The molecule has 2 heterocycles. The van der Waals surface area contributed by atoms with Crippen molar-refractivity contribution in [1.29, 1.82) is 0 Å². The summed E-state index contributed by atoms with van der Waals surface area (Å²) in [6.45, 7) is 9.03. The highest BCUT2D eigenvalue weighted by atomic mass is 16.5. The lowest BCUT2D eigenvalue weighted by atomic mass is 10.1. The van der Waals surface area contributed by atoms with Crippen LogP contribution in [0.4, 0.5) is 5.82 Å². The highest BCUT2D eigenvalue weighted by Gasteiger charge is 2.12. The zero-order chi connectivity index (χ0) is 17.1. The number of nitrogens with zero attached hydrogens (tertiary/aromatic N) is 3. The molecule has 0 aliphatic heterocycles. The van der Waals surface area contributed by atoms with Crippen molar-refractivity contribution >= 4 is 5.82 Å². The fourth-order valence-electron chi connectivity index (χ4n) is 2.48. The Labute approximate surface area is 142 Å². The first-order valence-electron chi connectivity index (χ1n) is 8.13. The van der Waals surface area contributed by atoms with Gasteiger partial charge in [0.2, 0.25) is 0 Å². The van der Waals surface area contributed by atoms with E-state index in [9.17, 15) is 0 Å². The molecule has 0 unspecified atom stereocenters. The van der Waals surface area contributed by atoms with Gasteiger partial charge >= 0.3 is 0 Å². The van der Waals surface area contributed by atoms with Gasteiger partial charge < -0.3 is 9.84 Å². The Morgan fingerprint density at radius 3 is 2.67 bits per heavy atom. The van der Waals surface area contributed by atoms with E-state index < -0.39 is 0 Å². The van der Waals surface area contributed by atoms with Crippen molar-refractivity contribution in [2.24, 2.45) is 0 Å². The van der Waals surface area contributed by atoms with Gasteiger partial charge in [-0.15, -0.1) is 0 Å². The number of hydrogen-bond donors (Lipinski definition) is 1. The van der Waals surface area contributed by atoms with Crippen LogP contribution in [-0.4, -0.2) is 15.1 Å². The first-order chi connectivity index (χ1) is 11.5. The number of aryl methyl sites for hydroxylation is 2. The largest absolute Gasteiger partial charge is 0.366 e. The average molecular weight is 322 g/mol. The molecule has 3 aromatic rings. The molecule has 0 saturated carbocycles. The second-order valence-electron chi connectivity index (χ2n) is 6.33. The zero-order valence-electron chi connectivity index (χ0n) is 14.5. The molecule has 0 aliphatic rings. The van der Waals surface area contributed by atoms with Gasteiger partial charge in [-0.05, 0) is 37.1 Å². The van der Waals surface area contributed by atoms with Crippen LogP contribution in [0, 0.1) is 13.8 Å². The average Bonchev–Trinajstić information content (AvgIpc) is 3.05. The summed E-state index contributed by atoms with van der Waals surface area (Å²) < 4.78 is 5.35. The normalized spacial score (nSPS) is 11.0. The van der Waals surface area contributed by atoms with Crippen LogP contribution in [0.5, 0.6) is 0 Å². The lowest BCUT2D eigenvalue weighted by Gasteiger charge is -2.09. The molecule has 124 valence electrons. The third kappa shape index (κ3) is 3.62. The summed E-state index contributed by atoms with van der Waals surface area (Å²) in [5, 5.41) is 7.37. The molecule has 0 aliphatic carbocycles. The van der Waals surface area contributed by atoms with Gasteiger partial charge in [0.05, 0.1) is 0 Å². The number of benzene rings is 1. The molecule has 0 atom stereocenters. The van der Waals surface area contributed by atoms with Gasteiger partial charge in [-0.2, -0.15) is 4.98 Å². The van der Waals surface area contributed by atoms with Gasteiger partial charge in [0.25, 0.3) is 5.89 Å². The first kappa shape index (κ1) is 16.2. The molecule has 0 amide bonds. The number of hydrogen-bond acceptors (Lipinski definition) is 5. The summed E-state index contributed by atoms with van der Waals surface area (Å²) in [5.41, 5.74) is 4.67. The molecule has 3 rings (SSSR count). The van der Waals surface area contributed by atoms with E-state index in [-0.39, 0.29) is 5.92 Å². The Hall–Kier alpha value is -2.69. The lowest BCUT2D eigenvalue weighted by molar-refractivity contribution is 0.419. The lowest BCUT2D eigenvalue weighted by Crippen LogP contribution is -2.03. The Bertz CT molecular complexity index is 839. The van der Waals surface area contributed by atoms with E-state index in [1.54, 1.807) is 6.20 Å². The Kier molecular flexibility index (Phi) is 4.60. The van der Waals surface area contributed by atoms with Crippen molar-refractivity contribution in [3.8, 4) is 11.5 Å². The van der Waals surface area contributed by atoms with Crippen LogP contribution >= 0.6 is 0 Å². The highest BCUT2D eigenvalue weighted by molar-refractivity contribution is 5.58. The van der Waals surface area contributed by atoms with Crippen LogP contribution < -0.4 is 5.32 Å². The van der Waals surface area contributed by atoms with E-state index in [1.165, 1.54) is 16.7 Å².